The number of ether oxygens (including phenoxy) is 1. The van der Waals surface area contributed by atoms with Gasteiger partial charge in [-0.1, -0.05) is 0 Å². The molecular formula is C12H18N4O3. The predicted octanol–water partition coefficient (Wildman–Crippen LogP) is -0.273. The zero-order valence-electron chi connectivity index (χ0n) is 11.1. The lowest BCUT2D eigenvalue weighted by atomic mass is 10.2. The third-order valence-corrected chi connectivity index (χ3v) is 3.08. The first-order valence-corrected chi connectivity index (χ1v) is 6.06. The molecule has 0 aliphatic rings. The molecule has 104 valence electrons. The highest BCUT2D eigenvalue weighted by Crippen LogP contribution is 2.18. The van der Waals surface area contributed by atoms with Crippen LogP contribution in [0.1, 0.15) is 5.69 Å². The van der Waals surface area contributed by atoms with Crippen molar-refractivity contribution in [2.75, 3.05) is 26.1 Å². The van der Waals surface area contributed by atoms with Crippen molar-refractivity contribution in [2.24, 2.45) is 0 Å². The first-order chi connectivity index (χ1) is 9.10. The van der Waals surface area contributed by atoms with Gasteiger partial charge in [0.1, 0.15) is 5.39 Å². The number of hydrogen-bond donors (Lipinski definition) is 2. The predicted molar refractivity (Wildman–Crippen MR) is 72.1 cm³/mol. The minimum absolute atomic E-state index is 0.0535. The number of anilines is 1. The number of aliphatic hydroxyl groups is 1. The molecule has 0 aliphatic carbocycles. The van der Waals surface area contributed by atoms with Crippen LogP contribution in [-0.4, -0.2) is 39.8 Å². The van der Waals surface area contributed by atoms with E-state index >= 15 is 0 Å². The largest absolute Gasteiger partial charge is 0.394 e. The summed E-state index contributed by atoms with van der Waals surface area (Å²) in [5.74, 6) is 0.194. The molecule has 19 heavy (non-hydrogen) atoms. The molecule has 0 atom stereocenters. The zero-order chi connectivity index (χ0) is 14.0. The molecule has 0 spiro atoms. The van der Waals surface area contributed by atoms with Gasteiger partial charge in [-0.05, 0) is 13.0 Å². The molecule has 2 heterocycles. The van der Waals surface area contributed by atoms with Crippen molar-refractivity contribution in [3.05, 3.63) is 22.1 Å². The number of rotatable bonds is 5. The molecule has 2 aromatic heterocycles. The third kappa shape index (κ3) is 2.34. The van der Waals surface area contributed by atoms with Crippen LogP contribution in [0.15, 0.2) is 10.9 Å². The molecule has 3 N–H and O–H groups in total. The fourth-order valence-corrected chi connectivity index (χ4v) is 2.16. The van der Waals surface area contributed by atoms with Gasteiger partial charge in [0, 0.05) is 19.3 Å². The summed E-state index contributed by atoms with van der Waals surface area (Å²) in [5, 5.41) is 13.5. The van der Waals surface area contributed by atoms with E-state index in [9.17, 15) is 4.79 Å². The molecule has 0 saturated heterocycles. The van der Waals surface area contributed by atoms with E-state index < -0.39 is 0 Å². The highest BCUT2D eigenvalue weighted by Gasteiger charge is 2.15. The van der Waals surface area contributed by atoms with Crippen LogP contribution in [0.4, 0.5) is 5.82 Å². The maximum Gasteiger partial charge on any atom is 0.264 e. The maximum absolute atomic E-state index is 12.4. The summed E-state index contributed by atoms with van der Waals surface area (Å²) in [6, 6.07) is 1.85. The first-order valence-electron chi connectivity index (χ1n) is 6.06. The molecule has 0 radical (unpaired) electrons. The average molecular weight is 266 g/mol. The Labute approximate surface area is 110 Å². The number of nitrogens with zero attached hydrogens (tertiary/aromatic N) is 3. The second kappa shape index (κ2) is 5.41. The van der Waals surface area contributed by atoms with Gasteiger partial charge in [0.25, 0.3) is 5.56 Å². The molecule has 0 unspecified atom stereocenters. The van der Waals surface area contributed by atoms with Crippen molar-refractivity contribution in [1.29, 1.82) is 0 Å². The normalized spacial score (nSPS) is 11.3. The van der Waals surface area contributed by atoms with Crippen molar-refractivity contribution >= 4 is 16.7 Å². The highest BCUT2D eigenvalue weighted by molar-refractivity contribution is 5.88. The Kier molecular flexibility index (Phi) is 3.87. The van der Waals surface area contributed by atoms with Gasteiger partial charge in [0.2, 0.25) is 0 Å². The minimum Gasteiger partial charge on any atom is -0.394 e. The molecule has 0 bridgehead atoms. The van der Waals surface area contributed by atoms with Crippen LogP contribution >= 0.6 is 0 Å². The summed E-state index contributed by atoms with van der Waals surface area (Å²) in [7, 11) is 1.59. The molecule has 2 rings (SSSR count). The first kappa shape index (κ1) is 13.6. The number of nitrogen functional groups attached to an aromatic ring is 1. The number of nitrogens with two attached hydrogens (primary N) is 1. The van der Waals surface area contributed by atoms with Crippen molar-refractivity contribution in [3.8, 4) is 0 Å². The van der Waals surface area contributed by atoms with E-state index in [0.717, 1.165) is 5.69 Å². The quantitative estimate of drug-likeness (QED) is 0.776. The van der Waals surface area contributed by atoms with Crippen LogP contribution in [0.25, 0.3) is 10.9 Å². The number of aliphatic hydroxyl groups excluding tert-OH is 1. The second-order valence-electron chi connectivity index (χ2n) is 4.33. The van der Waals surface area contributed by atoms with Crippen molar-refractivity contribution in [1.82, 2.24) is 14.3 Å². The zero-order valence-corrected chi connectivity index (χ0v) is 11.1. The maximum atomic E-state index is 12.4. The standard InChI is InChI=1S/C12H18N4O3/c1-8-7-9-10(11(13)14-16(9)3-5-17)12(18)15(8)4-6-19-2/h7,17H,3-6H2,1-2H3,(H2,13,14). The molecule has 0 aromatic carbocycles. The van der Waals surface area contributed by atoms with Crippen LogP contribution in [0.2, 0.25) is 0 Å². The van der Waals surface area contributed by atoms with Crippen LogP contribution in [0.5, 0.6) is 0 Å². The number of aryl methyl sites for hydroxylation is 1. The molecule has 7 heteroatoms. The number of aromatic nitrogens is 3. The minimum atomic E-state index is -0.172. The SMILES string of the molecule is COCCn1c(C)cc2c(c(N)nn2CCO)c1=O. The van der Waals surface area contributed by atoms with E-state index in [1.165, 1.54) is 0 Å². The van der Waals surface area contributed by atoms with E-state index in [-0.39, 0.29) is 18.0 Å². The van der Waals surface area contributed by atoms with E-state index in [0.29, 0.717) is 30.6 Å². The summed E-state index contributed by atoms with van der Waals surface area (Å²) < 4.78 is 8.17. The Hall–Kier alpha value is -1.86. The van der Waals surface area contributed by atoms with Gasteiger partial charge in [-0.2, -0.15) is 5.10 Å². The number of pyridine rings is 1. The Balaban J connectivity index is 2.64. The average Bonchev–Trinajstić information content (AvgIpc) is 2.66. The second-order valence-corrected chi connectivity index (χ2v) is 4.33. The van der Waals surface area contributed by atoms with Gasteiger partial charge in [0.15, 0.2) is 5.82 Å². The molecule has 7 nitrogen and oxygen atoms in total. The van der Waals surface area contributed by atoms with E-state index in [2.05, 4.69) is 5.10 Å². The molecule has 2 aromatic rings. The van der Waals surface area contributed by atoms with Crippen LogP contribution < -0.4 is 11.3 Å². The molecule has 0 fully saturated rings. The lowest BCUT2D eigenvalue weighted by Crippen LogP contribution is -2.24. The van der Waals surface area contributed by atoms with Gasteiger partial charge in [-0.25, -0.2) is 0 Å². The number of hydrogen-bond acceptors (Lipinski definition) is 5. The van der Waals surface area contributed by atoms with Crippen molar-refractivity contribution in [2.45, 2.75) is 20.0 Å². The summed E-state index contributed by atoms with van der Waals surface area (Å²) in [6.07, 6.45) is 0. The summed E-state index contributed by atoms with van der Waals surface area (Å²) in [5.41, 5.74) is 7.09. The lowest BCUT2D eigenvalue weighted by Gasteiger charge is -2.10. The fraction of sp³-hybridized carbons (Fsp3) is 0.500. The summed E-state index contributed by atoms with van der Waals surface area (Å²) in [6.45, 7) is 3.04. The Morgan fingerprint density at radius 3 is 2.84 bits per heavy atom. The van der Waals surface area contributed by atoms with Crippen LogP contribution in [-0.2, 0) is 17.8 Å². The molecular weight excluding hydrogens is 248 g/mol. The number of methoxy groups -OCH3 is 1. The lowest BCUT2D eigenvalue weighted by molar-refractivity contribution is 0.185. The van der Waals surface area contributed by atoms with Gasteiger partial charge in [-0.15, -0.1) is 0 Å². The molecule has 0 aliphatic heterocycles. The Morgan fingerprint density at radius 1 is 1.47 bits per heavy atom. The highest BCUT2D eigenvalue weighted by atomic mass is 16.5. The van der Waals surface area contributed by atoms with E-state index in [1.54, 1.807) is 16.4 Å². The fourth-order valence-electron chi connectivity index (χ4n) is 2.16. The number of fused-ring (bicyclic) bond motifs is 1. The summed E-state index contributed by atoms with van der Waals surface area (Å²) >= 11 is 0. The topological polar surface area (TPSA) is 95.3 Å². The van der Waals surface area contributed by atoms with Gasteiger partial charge >= 0.3 is 0 Å². The van der Waals surface area contributed by atoms with Gasteiger partial charge in [0.05, 0.1) is 25.3 Å². The van der Waals surface area contributed by atoms with Crippen LogP contribution in [0.3, 0.4) is 0 Å². The van der Waals surface area contributed by atoms with E-state index in [1.807, 2.05) is 13.0 Å². The van der Waals surface area contributed by atoms with Gasteiger partial charge < -0.3 is 20.1 Å². The smallest absolute Gasteiger partial charge is 0.264 e. The van der Waals surface area contributed by atoms with Crippen molar-refractivity contribution in [3.63, 3.8) is 0 Å². The van der Waals surface area contributed by atoms with Crippen LogP contribution in [0, 0.1) is 6.92 Å². The Morgan fingerprint density at radius 2 is 2.21 bits per heavy atom. The monoisotopic (exact) mass is 266 g/mol. The Bertz CT molecular complexity index is 644. The molecule has 0 amide bonds. The molecule has 0 saturated carbocycles. The van der Waals surface area contributed by atoms with Gasteiger partial charge in [-0.3, -0.25) is 9.48 Å². The summed E-state index contributed by atoms with van der Waals surface area (Å²) in [4.78, 5) is 12.4. The van der Waals surface area contributed by atoms with E-state index in [4.69, 9.17) is 15.6 Å². The van der Waals surface area contributed by atoms with Crippen molar-refractivity contribution < 1.29 is 9.84 Å². The third-order valence-electron chi connectivity index (χ3n) is 3.08.